The highest BCUT2D eigenvalue weighted by atomic mass is 32.2. The second kappa shape index (κ2) is 8.09. The van der Waals surface area contributed by atoms with Crippen molar-refractivity contribution < 1.29 is 13.2 Å². The first-order valence-corrected chi connectivity index (χ1v) is 10.5. The van der Waals surface area contributed by atoms with Crippen LogP contribution in [0.4, 0.5) is 0 Å². The molecule has 1 saturated heterocycles. The summed E-state index contributed by atoms with van der Waals surface area (Å²) in [6.07, 6.45) is 0.660. The Balaban J connectivity index is 1.53. The van der Waals surface area contributed by atoms with Gasteiger partial charge in [-0.1, -0.05) is 6.07 Å². The van der Waals surface area contributed by atoms with Crippen molar-refractivity contribution in [2.24, 2.45) is 5.92 Å². The smallest absolute Gasteiger partial charge is 0.251 e. The van der Waals surface area contributed by atoms with Gasteiger partial charge in [0.25, 0.3) is 5.91 Å². The van der Waals surface area contributed by atoms with E-state index >= 15 is 0 Å². The molecule has 1 amide bonds. The third-order valence-corrected chi connectivity index (χ3v) is 6.50. The van der Waals surface area contributed by atoms with Gasteiger partial charge in [0.1, 0.15) is 0 Å². The van der Waals surface area contributed by atoms with Crippen molar-refractivity contribution in [3.8, 4) is 0 Å². The largest absolute Gasteiger partial charge is 0.352 e. The number of benzene rings is 1. The minimum atomic E-state index is -3.56. The predicted octanol–water partition coefficient (Wildman–Crippen LogP) is 1.22. The number of sulfonamides is 1. The lowest BCUT2D eigenvalue weighted by molar-refractivity contribution is 0.0942. The van der Waals surface area contributed by atoms with Crippen LogP contribution in [-0.2, 0) is 16.4 Å². The Bertz CT molecular complexity index is 798. The minimum absolute atomic E-state index is 0.165. The summed E-state index contributed by atoms with van der Waals surface area (Å²) in [6.45, 7) is 2.83. The summed E-state index contributed by atoms with van der Waals surface area (Å²) in [7, 11) is -3.56. The lowest BCUT2D eigenvalue weighted by Crippen LogP contribution is -2.48. The number of amides is 1. The summed E-state index contributed by atoms with van der Waals surface area (Å²) >= 11 is 1.60. The molecule has 0 saturated carbocycles. The van der Waals surface area contributed by atoms with Crippen molar-refractivity contribution in [3.63, 3.8) is 0 Å². The Morgan fingerprint density at radius 3 is 2.56 bits per heavy atom. The molecule has 2 heterocycles. The summed E-state index contributed by atoms with van der Waals surface area (Å²) in [5, 5.41) is 7.98. The molecule has 0 radical (unpaired) electrons. The summed E-state index contributed by atoms with van der Waals surface area (Å²) in [6, 6.07) is 9.94. The molecular weight excluding hydrogens is 358 g/mol. The van der Waals surface area contributed by atoms with E-state index in [0.717, 1.165) is 18.0 Å². The van der Waals surface area contributed by atoms with Crippen LogP contribution in [0.3, 0.4) is 0 Å². The van der Waals surface area contributed by atoms with E-state index < -0.39 is 10.0 Å². The number of hydrogen-bond donors (Lipinski definition) is 3. The molecule has 0 spiro atoms. The lowest BCUT2D eigenvalue weighted by atomic mass is 10.0. The van der Waals surface area contributed by atoms with Gasteiger partial charge < -0.3 is 10.6 Å². The van der Waals surface area contributed by atoms with E-state index in [2.05, 4.69) is 15.4 Å². The van der Waals surface area contributed by atoms with Crippen LogP contribution in [0.1, 0.15) is 15.2 Å². The van der Waals surface area contributed by atoms with Gasteiger partial charge in [-0.2, -0.15) is 0 Å². The number of thiophene rings is 1. The average Bonchev–Trinajstić information content (AvgIpc) is 3.06. The van der Waals surface area contributed by atoms with Crippen LogP contribution < -0.4 is 15.4 Å². The van der Waals surface area contributed by atoms with Crippen LogP contribution >= 0.6 is 11.3 Å². The maximum Gasteiger partial charge on any atom is 0.251 e. The zero-order chi connectivity index (χ0) is 17.7. The fraction of sp³-hybridized carbons (Fsp3) is 0.353. The van der Waals surface area contributed by atoms with E-state index in [-0.39, 0.29) is 10.8 Å². The van der Waals surface area contributed by atoms with Gasteiger partial charge in [-0.3, -0.25) is 4.79 Å². The Morgan fingerprint density at radius 1 is 1.20 bits per heavy atom. The molecule has 0 unspecified atom stereocenters. The molecule has 1 aliphatic heterocycles. The zero-order valence-electron chi connectivity index (χ0n) is 13.7. The molecule has 1 fully saturated rings. The van der Waals surface area contributed by atoms with E-state index in [1.54, 1.807) is 23.5 Å². The van der Waals surface area contributed by atoms with Crippen LogP contribution in [0.25, 0.3) is 0 Å². The number of carbonyl (C=O) groups excluding carboxylic acids is 1. The first-order chi connectivity index (χ1) is 12.0. The SMILES string of the molecule is O=C(NCC1CNC1)c1ccc(S(=O)(=O)NCCc2cccs2)cc1. The Morgan fingerprint density at radius 2 is 1.96 bits per heavy atom. The zero-order valence-corrected chi connectivity index (χ0v) is 15.3. The molecule has 25 heavy (non-hydrogen) atoms. The summed E-state index contributed by atoms with van der Waals surface area (Å²) in [5.41, 5.74) is 0.463. The van der Waals surface area contributed by atoms with Gasteiger partial charge in [-0.05, 0) is 42.1 Å². The second-order valence-corrected chi connectivity index (χ2v) is 8.79. The predicted molar refractivity (Wildman–Crippen MR) is 98.3 cm³/mol. The highest BCUT2D eigenvalue weighted by Gasteiger charge is 2.18. The molecule has 1 aliphatic rings. The molecule has 1 aromatic heterocycles. The summed E-state index contributed by atoms with van der Waals surface area (Å²) in [5.74, 6) is 0.303. The molecule has 3 rings (SSSR count). The molecule has 134 valence electrons. The van der Waals surface area contributed by atoms with E-state index in [1.807, 2.05) is 17.5 Å². The van der Waals surface area contributed by atoms with E-state index in [1.165, 1.54) is 12.1 Å². The topological polar surface area (TPSA) is 87.3 Å². The first-order valence-electron chi connectivity index (χ1n) is 8.15. The van der Waals surface area contributed by atoms with Gasteiger partial charge in [0.05, 0.1) is 4.90 Å². The monoisotopic (exact) mass is 379 g/mol. The molecule has 0 atom stereocenters. The number of carbonyl (C=O) groups is 1. The molecule has 0 aliphatic carbocycles. The van der Waals surface area contributed by atoms with Crippen molar-refractivity contribution >= 4 is 27.3 Å². The van der Waals surface area contributed by atoms with Crippen molar-refractivity contribution in [1.82, 2.24) is 15.4 Å². The maximum absolute atomic E-state index is 12.3. The highest BCUT2D eigenvalue weighted by molar-refractivity contribution is 7.89. The summed E-state index contributed by atoms with van der Waals surface area (Å²) < 4.78 is 27.2. The molecular formula is C17H21N3O3S2. The van der Waals surface area contributed by atoms with Crippen molar-refractivity contribution in [2.75, 3.05) is 26.2 Å². The van der Waals surface area contributed by atoms with Gasteiger partial charge in [0, 0.05) is 42.5 Å². The van der Waals surface area contributed by atoms with Crippen molar-refractivity contribution in [1.29, 1.82) is 0 Å². The molecule has 3 N–H and O–H groups in total. The van der Waals surface area contributed by atoms with Gasteiger partial charge in [-0.25, -0.2) is 13.1 Å². The number of rotatable bonds is 8. The van der Waals surface area contributed by atoms with Crippen LogP contribution in [-0.4, -0.2) is 40.5 Å². The number of nitrogens with one attached hydrogen (secondary N) is 3. The molecule has 6 nitrogen and oxygen atoms in total. The number of hydrogen-bond acceptors (Lipinski definition) is 5. The lowest BCUT2D eigenvalue weighted by Gasteiger charge is -2.27. The van der Waals surface area contributed by atoms with Gasteiger partial charge in [0.15, 0.2) is 0 Å². The normalized spacial score (nSPS) is 14.9. The Labute approximate surface area is 151 Å². The van der Waals surface area contributed by atoms with Crippen molar-refractivity contribution in [2.45, 2.75) is 11.3 Å². The maximum atomic E-state index is 12.3. The first kappa shape index (κ1) is 18.1. The second-order valence-electron chi connectivity index (χ2n) is 5.99. The van der Waals surface area contributed by atoms with Crippen molar-refractivity contribution in [3.05, 3.63) is 52.2 Å². The minimum Gasteiger partial charge on any atom is -0.352 e. The Hall–Kier alpha value is -1.74. The average molecular weight is 380 g/mol. The van der Waals surface area contributed by atoms with Crippen LogP contribution in [0, 0.1) is 5.92 Å². The van der Waals surface area contributed by atoms with E-state index in [4.69, 9.17) is 0 Å². The summed E-state index contributed by atoms with van der Waals surface area (Å²) in [4.78, 5) is 13.4. The van der Waals surface area contributed by atoms with Crippen LogP contribution in [0.5, 0.6) is 0 Å². The Kier molecular flexibility index (Phi) is 5.85. The fourth-order valence-corrected chi connectivity index (χ4v) is 4.20. The fourth-order valence-electron chi connectivity index (χ4n) is 2.46. The molecule has 0 bridgehead atoms. The van der Waals surface area contributed by atoms with E-state index in [9.17, 15) is 13.2 Å². The van der Waals surface area contributed by atoms with E-state index in [0.29, 0.717) is 31.0 Å². The standard InChI is InChI=1S/C17H21N3O3S2/c21-17(19-12-13-10-18-11-13)14-3-5-16(6-4-14)25(22,23)20-8-7-15-2-1-9-24-15/h1-6,9,13,18,20H,7-8,10-12H2,(H,19,21). The quantitative estimate of drug-likeness (QED) is 0.644. The van der Waals surface area contributed by atoms with Crippen LogP contribution in [0.2, 0.25) is 0 Å². The third-order valence-electron chi connectivity index (χ3n) is 4.09. The highest BCUT2D eigenvalue weighted by Crippen LogP contribution is 2.12. The van der Waals surface area contributed by atoms with Gasteiger partial charge >= 0.3 is 0 Å². The molecule has 8 heteroatoms. The van der Waals surface area contributed by atoms with Gasteiger partial charge in [-0.15, -0.1) is 11.3 Å². The molecule has 1 aromatic carbocycles. The third kappa shape index (κ3) is 4.88. The molecule has 2 aromatic rings. The van der Waals surface area contributed by atoms with Gasteiger partial charge in [0.2, 0.25) is 10.0 Å². The van der Waals surface area contributed by atoms with Crippen LogP contribution in [0.15, 0.2) is 46.7 Å².